The van der Waals surface area contributed by atoms with Crippen LogP contribution in [0.2, 0.25) is 0 Å². The smallest absolute Gasteiger partial charge is 0.365 e. The highest BCUT2D eigenvalue weighted by Crippen LogP contribution is 2.25. The van der Waals surface area contributed by atoms with E-state index in [1.165, 1.54) is 0 Å². The van der Waals surface area contributed by atoms with E-state index in [1.807, 2.05) is 0 Å². The highest BCUT2D eigenvalue weighted by atomic mass is 19.4. The Morgan fingerprint density at radius 2 is 2.14 bits per heavy atom. The van der Waals surface area contributed by atoms with Crippen LogP contribution in [0.3, 0.4) is 0 Å². The molecule has 0 N–H and O–H groups in total. The molecule has 22 heavy (non-hydrogen) atoms. The molecule has 1 unspecified atom stereocenters. The first-order chi connectivity index (χ1) is 10.2. The van der Waals surface area contributed by atoms with Gasteiger partial charge in [-0.15, -0.1) is 0 Å². The Kier molecular flexibility index (Phi) is 4.55. The molecule has 2 rings (SSSR count). The fraction of sp³-hybridized carbons (Fsp3) is 0.615. The number of halogens is 3. The van der Waals surface area contributed by atoms with E-state index >= 15 is 0 Å². The number of rotatable bonds is 2. The number of morpholine rings is 1. The molecule has 6 nitrogen and oxygen atoms in total. The molecule has 0 aliphatic carbocycles. The van der Waals surface area contributed by atoms with Gasteiger partial charge in [0, 0.05) is 17.9 Å². The topological polar surface area (TPSA) is 64.4 Å². The normalized spacial score (nSPS) is 19.3. The first-order valence-electron chi connectivity index (χ1n) is 6.69. The van der Waals surface area contributed by atoms with Gasteiger partial charge in [-0.2, -0.15) is 18.2 Å². The Balaban J connectivity index is 2.11. The Morgan fingerprint density at radius 1 is 1.45 bits per heavy atom. The van der Waals surface area contributed by atoms with Crippen LogP contribution in [-0.2, 0) is 16.1 Å². The molecule has 0 radical (unpaired) electrons. The summed E-state index contributed by atoms with van der Waals surface area (Å²) in [6.07, 6.45) is -6.50. The molecule has 0 aromatic carbocycles. The quantitative estimate of drug-likeness (QED) is 0.803. The van der Waals surface area contributed by atoms with E-state index < -0.39 is 30.4 Å². The minimum absolute atomic E-state index is 0.0680. The monoisotopic (exact) mass is 319 g/mol. The number of aryl methyl sites for hydroxylation is 2. The maximum Gasteiger partial charge on any atom is 0.416 e. The molecule has 1 aliphatic heterocycles. The van der Waals surface area contributed by atoms with Crippen LogP contribution in [0.25, 0.3) is 0 Å². The van der Waals surface area contributed by atoms with E-state index in [2.05, 4.69) is 9.72 Å². The summed E-state index contributed by atoms with van der Waals surface area (Å²) in [5, 5.41) is 0. The Hall–Kier alpha value is -1.90. The van der Waals surface area contributed by atoms with Crippen LogP contribution in [0.5, 0.6) is 0 Å². The molecule has 1 saturated heterocycles. The lowest BCUT2D eigenvalue weighted by atomic mass is 10.2. The van der Waals surface area contributed by atoms with E-state index in [-0.39, 0.29) is 19.7 Å². The third-order valence-electron chi connectivity index (χ3n) is 3.42. The molecular weight excluding hydrogens is 303 g/mol. The van der Waals surface area contributed by atoms with Gasteiger partial charge in [0.15, 0.2) is 6.10 Å². The van der Waals surface area contributed by atoms with Crippen LogP contribution in [-0.4, -0.2) is 52.3 Å². The predicted molar refractivity (Wildman–Crippen MR) is 70.3 cm³/mol. The average molecular weight is 319 g/mol. The molecule has 0 spiro atoms. The van der Waals surface area contributed by atoms with Crippen LogP contribution in [0.15, 0.2) is 10.9 Å². The molecule has 0 saturated carbocycles. The lowest BCUT2D eigenvalue weighted by Crippen LogP contribution is -2.52. The van der Waals surface area contributed by atoms with Crippen molar-refractivity contribution in [3.05, 3.63) is 27.9 Å². The number of hydrogen-bond donors (Lipinski definition) is 0. The van der Waals surface area contributed by atoms with Crippen molar-refractivity contribution in [3.8, 4) is 0 Å². The van der Waals surface area contributed by atoms with Gasteiger partial charge in [0.1, 0.15) is 6.54 Å². The van der Waals surface area contributed by atoms with Gasteiger partial charge >= 0.3 is 11.9 Å². The minimum Gasteiger partial charge on any atom is -0.365 e. The highest BCUT2D eigenvalue weighted by molar-refractivity contribution is 5.76. The summed E-state index contributed by atoms with van der Waals surface area (Å²) in [6.45, 7) is 2.28. The molecule has 9 heteroatoms. The summed E-state index contributed by atoms with van der Waals surface area (Å²) in [5.74, 6) is -0.562. The number of carbonyl (C=O) groups is 1. The number of aromatic nitrogens is 2. The van der Waals surface area contributed by atoms with Gasteiger partial charge in [0.05, 0.1) is 13.2 Å². The standard InChI is InChI=1S/C13H16F3N3O3/c1-8-5-9(2)19(12(21)17-8)7-11(20)18-3-4-22-10(6-18)13(14,15)16/h5,10H,3-4,6-7H2,1-2H3. The molecule has 1 aromatic heterocycles. The summed E-state index contributed by atoms with van der Waals surface area (Å²) < 4.78 is 43.7. The van der Waals surface area contributed by atoms with Crippen LogP contribution in [0.4, 0.5) is 13.2 Å². The highest BCUT2D eigenvalue weighted by Gasteiger charge is 2.44. The van der Waals surface area contributed by atoms with Crippen molar-refractivity contribution in [2.75, 3.05) is 19.7 Å². The largest absolute Gasteiger partial charge is 0.416 e. The van der Waals surface area contributed by atoms with Crippen molar-refractivity contribution < 1.29 is 22.7 Å². The summed E-state index contributed by atoms with van der Waals surface area (Å²) in [4.78, 5) is 28.7. The maximum atomic E-state index is 12.6. The first-order valence-corrected chi connectivity index (χ1v) is 6.69. The second kappa shape index (κ2) is 6.07. The van der Waals surface area contributed by atoms with Crippen molar-refractivity contribution >= 4 is 5.91 Å². The zero-order valence-corrected chi connectivity index (χ0v) is 12.2. The van der Waals surface area contributed by atoms with Gasteiger partial charge in [-0.25, -0.2) is 4.79 Å². The van der Waals surface area contributed by atoms with Crippen LogP contribution in [0.1, 0.15) is 11.4 Å². The zero-order chi connectivity index (χ0) is 16.5. The van der Waals surface area contributed by atoms with Crippen molar-refractivity contribution in [1.82, 2.24) is 14.5 Å². The predicted octanol–water partition coefficient (Wildman–Crippen LogP) is 0.650. The number of ether oxygens (including phenoxy) is 1. The van der Waals surface area contributed by atoms with Crippen LogP contribution < -0.4 is 5.69 Å². The number of nitrogens with zero attached hydrogens (tertiary/aromatic N) is 3. The SMILES string of the molecule is Cc1cc(C)n(CC(=O)N2CCOC(C(F)(F)F)C2)c(=O)n1. The lowest BCUT2D eigenvalue weighted by molar-refractivity contribution is -0.236. The fourth-order valence-corrected chi connectivity index (χ4v) is 2.28. The van der Waals surface area contributed by atoms with E-state index in [0.717, 1.165) is 9.47 Å². The number of hydrogen-bond acceptors (Lipinski definition) is 4. The molecular formula is C13H16F3N3O3. The summed E-state index contributed by atoms with van der Waals surface area (Å²) >= 11 is 0. The van der Waals surface area contributed by atoms with E-state index in [1.54, 1.807) is 19.9 Å². The van der Waals surface area contributed by atoms with E-state index in [4.69, 9.17) is 0 Å². The number of amides is 1. The molecule has 1 aromatic rings. The molecule has 122 valence electrons. The molecule has 1 aliphatic rings. The summed E-state index contributed by atoms with van der Waals surface area (Å²) in [6, 6.07) is 1.63. The lowest BCUT2D eigenvalue weighted by Gasteiger charge is -2.34. The van der Waals surface area contributed by atoms with E-state index in [0.29, 0.717) is 11.4 Å². The Bertz CT molecular complexity index is 627. The fourth-order valence-electron chi connectivity index (χ4n) is 2.28. The molecule has 1 fully saturated rings. The summed E-state index contributed by atoms with van der Waals surface area (Å²) in [5.41, 5.74) is 0.465. The first kappa shape index (κ1) is 16.5. The summed E-state index contributed by atoms with van der Waals surface area (Å²) in [7, 11) is 0. The minimum atomic E-state index is -4.52. The van der Waals surface area contributed by atoms with Gasteiger partial charge < -0.3 is 9.64 Å². The van der Waals surface area contributed by atoms with E-state index in [9.17, 15) is 22.8 Å². The average Bonchev–Trinajstić information content (AvgIpc) is 2.41. The third kappa shape index (κ3) is 3.65. The molecule has 2 heterocycles. The van der Waals surface area contributed by atoms with Crippen LogP contribution >= 0.6 is 0 Å². The van der Waals surface area contributed by atoms with Crippen molar-refractivity contribution in [2.24, 2.45) is 0 Å². The molecule has 1 amide bonds. The molecule has 0 bridgehead atoms. The number of alkyl halides is 3. The Morgan fingerprint density at radius 3 is 2.73 bits per heavy atom. The second-order valence-corrected chi connectivity index (χ2v) is 5.15. The number of carbonyl (C=O) groups excluding carboxylic acids is 1. The van der Waals surface area contributed by atoms with Crippen molar-refractivity contribution in [2.45, 2.75) is 32.7 Å². The zero-order valence-electron chi connectivity index (χ0n) is 12.2. The third-order valence-corrected chi connectivity index (χ3v) is 3.42. The Labute approximate surface area is 124 Å². The maximum absolute atomic E-state index is 12.6. The van der Waals surface area contributed by atoms with Crippen molar-refractivity contribution in [3.63, 3.8) is 0 Å². The molecule has 1 atom stereocenters. The van der Waals surface area contributed by atoms with Gasteiger partial charge in [-0.1, -0.05) is 0 Å². The van der Waals surface area contributed by atoms with Crippen molar-refractivity contribution in [1.29, 1.82) is 0 Å². The van der Waals surface area contributed by atoms with Gasteiger partial charge in [-0.3, -0.25) is 9.36 Å². The second-order valence-electron chi connectivity index (χ2n) is 5.15. The van der Waals surface area contributed by atoms with Gasteiger partial charge in [0.2, 0.25) is 5.91 Å². The van der Waals surface area contributed by atoms with Crippen LogP contribution in [0, 0.1) is 13.8 Å². The van der Waals surface area contributed by atoms with Gasteiger partial charge in [0.25, 0.3) is 0 Å². The van der Waals surface area contributed by atoms with Gasteiger partial charge in [-0.05, 0) is 19.9 Å².